The number of hydrogen-bond donors (Lipinski definition) is 0. The molecule has 2 bridgehead atoms. The van der Waals surface area contributed by atoms with Crippen molar-refractivity contribution < 1.29 is 57.1 Å². The van der Waals surface area contributed by atoms with Crippen LogP contribution in [0.2, 0.25) is 0 Å². The zero-order valence-electron chi connectivity index (χ0n) is 31.5. The van der Waals surface area contributed by atoms with Gasteiger partial charge in [0.2, 0.25) is 23.1 Å². The van der Waals surface area contributed by atoms with Crippen LogP contribution in [0.3, 0.4) is 0 Å². The molecule has 0 spiro atoms. The summed E-state index contributed by atoms with van der Waals surface area (Å²) in [7, 11) is 1.17. The van der Waals surface area contributed by atoms with Gasteiger partial charge in [0.05, 0.1) is 0 Å². The van der Waals surface area contributed by atoms with Crippen LogP contribution in [-0.4, -0.2) is 89.2 Å². The van der Waals surface area contributed by atoms with Crippen LogP contribution >= 0.6 is 0 Å². The van der Waals surface area contributed by atoms with Gasteiger partial charge in [0.25, 0.3) is 0 Å². The van der Waals surface area contributed by atoms with E-state index in [1.54, 1.807) is 62.3 Å². The number of rotatable bonds is 12. The second-order valence-electron chi connectivity index (χ2n) is 16.5. The third kappa shape index (κ3) is 7.78. The summed E-state index contributed by atoms with van der Waals surface area (Å²) >= 11 is 0. The second-order valence-corrected chi connectivity index (χ2v) is 16.5. The quantitative estimate of drug-likeness (QED) is 0.123. The van der Waals surface area contributed by atoms with Gasteiger partial charge in [0.1, 0.15) is 35.1 Å². The Balaban J connectivity index is 1.79. The first kappa shape index (κ1) is 39.5. The van der Waals surface area contributed by atoms with Crippen LogP contribution < -0.4 is 0 Å². The van der Waals surface area contributed by atoms with Gasteiger partial charge in [-0.3, -0.25) is 4.79 Å². The van der Waals surface area contributed by atoms with Gasteiger partial charge in [-0.2, -0.15) is 0 Å². The van der Waals surface area contributed by atoms with Gasteiger partial charge >= 0.3 is 23.9 Å². The Morgan fingerprint density at radius 2 is 1.42 bits per heavy atom. The number of epoxide rings is 1. The fourth-order valence-corrected chi connectivity index (χ4v) is 6.79. The Labute approximate surface area is 295 Å². The van der Waals surface area contributed by atoms with E-state index in [-0.39, 0.29) is 18.8 Å². The van der Waals surface area contributed by atoms with E-state index in [1.807, 2.05) is 37.3 Å². The molecule has 0 unspecified atom stereocenters. The molecule has 0 amide bonds. The Kier molecular flexibility index (Phi) is 10.8. The standard InChI is InChI=1S/C38H54O12/c1-22(26(44-24(3)39)23(2)21-25-17-15-14-16-18-25)19-20-36-27-28(45-27)38(50-36,32(42)49-35(10,11)12)37(43-13,31(41)48-34(7,8)9)29(46-36)30(40)47-33(4,5)6/h14-18,23,26-29H,1,19-21H2,2-13H3/t23-,26-,27+,28-,29-,36+,37-,38+/m1/s1. The van der Waals surface area contributed by atoms with Crippen LogP contribution in [0.15, 0.2) is 42.5 Å². The molecule has 8 atom stereocenters. The predicted molar refractivity (Wildman–Crippen MR) is 181 cm³/mol. The van der Waals surface area contributed by atoms with Crippen LogP contribution in [0, 0.1) is 5.92 Å². The molecule has 0 radical (unpaired) electrons. The largest absolute Gasteiger partial charge is 0.458 e. The van der Waals surface area contributed by atoms with Crippen LogP contribution in [0.5, 0.6) is 0 Å². The van der Waals surface area contributed by atoms with E-state index < -0.39 is 82.1 Å². The van der Waals surface area contributed by atoms with E-state index >= 15 is 0 Å². The van der Waals surface area contributed by atoms with Crippen LogP contribution in [0.4, 0.5) is 0 Å². The molecule has 3 aliphatic rings. The first-order valence-corrected chi connectivity index (χ1v) is 17.1. The lowest BCUT2D eigenvalue weighted by Gasteiger charge is -2.54. The summed E-state index contributed by atoms with van der Waals surface area (Å²) in [5.41, 5.74) is -6.41. The summed E-state index contributed by atoms with van der Waals surface area (Å²) in [4.78, 5) is 55.3. The number of benzene rings is 1. The summed E-state index contributed by atoms with van der Waals surface area (Å²) < 4.78 is 48.5. The SMILES string of the molecule is C=C(CC[C@]12O[C@H](C(=O)OC(C)(C)C)[C@@](OC)(C(=O)OC(C)(C)C)[C@](C(=O)OC(C)(C)C)(O1)[C@@H]1O[C@@H]12)[C@@H](OC(C)=O)[C@H](C)Cc1ccccc1. The van der Waals surface area contributed by atoms with Crippen molar-refractivity contribution in [3.8, 4) is 0 Å². The summed E-state index contributed by atoms with van der Waals surface area (Å²) in [5, 5.41) is 0. The second kappa shape index (κ2) is 13.7. The van der Waals surface area contributed by atoms with Crippen molar-refractivity contribution in [2.24, 2.45) is 5.92 Å². The van der Waals surface area contributed by atoms with Gasteiger partial charge in [-0.1, -0.05) is 43.8 Å². The van der Waals surface area contributed by atoms with Crippen molar-refractivity contribution in [1.29, 1.82) is 0 Å². The molecule has 3 saturated heterocycles. The number of carbonyl (C=O) groups is 4. The first-order valence-electron chi connectivity index (χ1n) is 17.1. The van der Waals surface area contributed by atoms with Gasteiger partial charge in [0, 0.05) is 26.4 Å². The normalized spacial score (nSPS) is 30.0. The minimum Gasteiger partial charge on any atom is -0.458 e. The molecule has 4 rings (SSSR count). The minimum atomic E-state index is -2.55. The molecule has 12 nitrogen and oxygen atoms in total. The van der Waals surface area contributed by atoms with Crippen molar-refractivity contribution in [3.63, 3.8) is 0 Å². The molecule has 278 valence electrons. The topological polar surface area (TPSA) is 145 Å². The highest BCUT2D eigenvalue weighted by atomic mass is 16.8. The fraction of sp³-hybridized carbons (Fsp3) is 0.684. The van der Waals surface area contributed by atoms with Gasteiger partial charge in [-0.05, 0) is 86.3 Å². The Morgan fingerprint density at radius 3 is 1.94 bits per heavy atom. The van der Waals surface area contributed by atoms with Gasteiger partial charge in [0.15, 0.2) is 0 Å². The average Bonchev–Trinajstić information content (AvgIpc) is 3.74. The third-order valence-corrected chi connectivity index (χ3v) is 8.65. The average molecular weight is 703 g/mol. The Hall–Kier alpha value is -3.32. The Morgan fingerprint density at radius 1 is 0.860 bits per heavy atom. The molecule has 0 saturated carbocycles. The molecule has 1 aromatic carbocycles. The van der Waals surface area contributed by atoms with Crippen LogP contribution in [-0.2, 0) is 63.5 Å². The molecule has 3 heterocycles. The lowest BCUT2D eigenvalue weighted by molar-refractivity contribution is -0.393. The molecule has 3 aliphatic heterocycles. The maximum Gasteiger partial charge on any atom is 0.346 e. The third-order valence-electron chi connectivity index (χ3n) is 8.65. The molecule has 0 N–H and O–H groups in total. The summed E-state index contributed by atoms with van der Waals surface area (Å²) in [5.74, 6) is -5.44. The monoisotopic (exact) mass is 702 g/mol. The highest BCUT2D eigenvalue weighted by Crippen LogP contribution is 2.64. The fourth-order valence-electron chi connectivity index (χ4n) is 6.79. The van der Waals surface area contributed by atoms with E-state index in [0.717, 1.165) is 5.56 Å². The molecular formula is C38H54O12. The van der Waals surface area contributed by atoms with Gasteiger partial charge in [-0.15, -0.1) is 0 Å². The smallest absolute Gasteiger partial charge is 0.346 e. The van der Waals surface area contributed by atoms with Crippen molar-refractivity contribution in [2.45, 2.75) is 154 Å². The highest BCUT2D eigenvalue weighted by Gasteiger charge is 2.91. The maximum atomic E-state index is 14.5. The van der Waals surface area contributed by atoms with Crippen molar-refractivity contribution in [3.05, 3.63) is 48.0 Å². The molecule has 0 aliphatic carbocycles. The lowest BCUT2D eigenvalue weighted by atomic mass is 9.75. The number of hydrogen-bond acceptors (Lipinski definition) is 12. The van der Waals surface area contributed by atoms with E-state index in [4.69, 9.17) is 37.9 Å². The number of fused-ring (bicyclic) bond motifs is 5. The van der Waals surface area contributed by atoms with Crippen molar-refractivity contribution in [1.82, 2.24) is 0 Å². The molecule has 12 heteroatoms. The molecule has 1 aromatic rings. The number of methoxy groups -OCH3 is 1. The minimum absolute atomic E-state index is 0.000774. The number of esters is 4. The predicted octanol–water partition coefficient (Wildman–Crippen LogP) is 5.18. The maximum absolute atomic E-state index is 14.5. The lowest BCUT2D eigenvalue weighted by Crippen LogP contribution is -2.80. The first-order chi connectivity index (χ1) is 22.9. The summed E-state index contributed by atoms with van der Waals surface area (Å²) in [6.45, 7) is 22.5. The van der Waals surface area contributed by atoms with E-state index in [2.05, 4.69) is 6.58 Å². The van der Waals surface area contributed by atoms with E-state index in [1.165, 1.54) is 14.0 Å². The molecule has 50 heavy (non-hydrogen) atoms. The Bertz CT molecular complexity index is 1470. The number of ether oxygens (including phenoxy) is 8. The zero-order chi connectivity index (χ0) is 37.7. The summed E-state index contributed by atoms with van der Waals surface area (Å²) in [6, 6.07) is 9.80. The molecular weight excluding hydrogens is 648 g/mol. The molecule has 0 aromatic heterocycles. The van der Waals surface area contributed by atoms with Crippen LogP contribution in [0.25, 0.3) is 0 Å². The number of carbonyl (C=O) groups excluding carboxylic acids is 4. The summed E-state index contributed by atoms with van der Waals surface area (Å²) in [6.07, 6.45) is -3.79. The zero-order valence-corrected chi connectivity index (χ0v) is 31.5. The van der Waals surface area contributed by atoms with Gasteiger partial charge in [-0.25, -0.2) is 14.4 Å². The van der Waals surface area contributed by atoms with Gasteiger partial charge < -0.3 is 37.9 Å². The van der Waals surface area contributed by atoms with E-state index in [9.17, 15) is 19.2 Å². The van der Waals surface area contributed by atoms with Crippen molar-refractivity contribution >= 4 is 23.9 Å². The molecule has 3 fully saturated rings. The van der Waals surface area contributed by atoms with Crippen LogP contribution in [0.1, 0.15) is 94.6 Å². The van der Waals surface area contributed by atoms with Crippen molar-refractivity contribution in [2.75, 3.05) is 7.11 Å². The van der Waals surface area contributed by atoms with E-state index in [0.29, 0.717) is 12.0 Å². The highest BCUT2D eigenvalue weighted by molar-refractivity contribution is 6.00.